The minimum atomic E-state index is -3.82. The molecule has 0 aliphatic heterocycles. The molecule has 2 aromatic carbocycles. The van der Waals surface area contributed by atoms with E-state index < -0.39 is 34.1 Å². The van der Waals surface area contributed by atoms with Gasteiger partial charge in [0.05, 0.1) is 19.1 Å². The Kier molecular flexibility index (Phi) is 9.19. The first-order valence-corrected chi connectivity index (χ1v) is 13.3. The number of hydrogen-bond donors (Lipinski definition) is 1. The summed E-state index contributed by atoms with van der Waals surface area (Å²) >= 11 is 6.21. The van der Waals surface area contributed by atoms with E-state index >= 15 is 0 Å². The third-order valence-electron chi connectivity index (χ3n) is 5.30. The Labute approximate surface area is 213 Å². The fourth-order valence-corrected chi connectivity index (χ4v) is 4.35. The van der Waals surface area contributed by atoms with Crippen LogP contribution in [0, 0.1) is 6.92 Å². The van der Waals surface area contributed by atoms with Gasteiger partial charge >= 0.3 is 0 Å². The van der Waals surface area contributed by atoms with Crippen molar-refractivity contribution in [2.24, 2.45) is 0 Å². The highest BCUT2D eigenvalue weighted by molar-refractivity contribution is 7.92. The minimum absolute atomic E-state index is 0.105. The standard InChI is InChI=1S/C25H34ClN3O5S/c1-17-8-11-20(14-22(17)26)29(35(7,32)33)16-23(30)28(18(2)24(31)27-25(3,4)5)15-19-9-12-21(34-6)13-10-19/h8-14,18H,15-16H2,1-7H3,(H,27,31)/t18-/m0/s1. The number of carbonyl (C=O) groups is 2. The van der Waals surface area contributed by atoms with Crippen LogP contribution in [0.2, 0.25) is 5.02 Å². The maximum absolute atomic E-state index is 13.5. The van der Waals surface area contributed by atoms with E-state index in [1.807, 2.05) is 20.8 Å². The van der Waals surface area contributed by atoms with Crippen LogP contribution in [0.25, 0.3) is 0 Å². The monoisotopic (exact) mass is 523 g/mol. The number of anilines is 1. The second kappa shape index (κ2) is 11.3. The Morgan fingerprint density at radius 1 is 1.11 bits per heavy atom. The molecular formula is C25H34ClN3O5S. The number of methoxy groups -OCH3 is 1. The van der Waals surface area contributed by atoms with Gasteiger partial charge in [-0.3, -0.25) is 13.9 Å². The molecule has 0 bridgehead atoms. The number of halogens is 1. The van der Waals surface area contributed by atoms with Gasteiger partial charge in [-0.15, -0.1) is 0 Å². The van der Waals surface area contributed by atoms with Gasteiger partial charge in [-0.2, -0.15) is 0 Å². The summed E-state index contributed by atoms with van der Waals surface area (Å²) in [6.45, 7) is 8.58. The number of benzene rings is 2. The van der Waals surface area contributed by atoms with Crippen molar-refractivity contribution in [3.05, 3.63) is 58.6 Å². The summed E-state index contributed by atoms with van der Waals surface area (Å²) in [4.78, 5) is 27.9. The summed E-state index contributed by atoms with van der Waals surface area (Å²) in [6.07, 6.45) is 1.03. The molecule has 10 heteroatoms. The van der Waals surface area contributed by atoms with Crippen LogP contribution in [0.15, 0.2) is 42.5 Å². The fraction of sp³-hybridized carbons (Fsp3) is 0.440. The van der Waals surface area contributed by atoms with Gasteiger partial charge in [-0.05, 0) is 70.0 Å². The van der Waals surface area contributed by atoms with Crippen molar-refractivity contribution in [3.63, 3.8) is 0 Å². The van der Waals surface area contributed by atoms with Crippen molar-refractivity contribution in [2.45, 2.75) is 52.7 Å². The minimum Gasteiger partial charge on any atom is -0.497 e. The summed E-state index contributed by atoms with van der Waals surface area (Å²) in [6, 6.07) is 11.0. The lowest BCUT2D eigenvalue weighted by atomic mass is 10.1. The largest absolute Gasteiger partial charge is 0.497 e. The molecule has 2 rings (SSSR count). The van der Waals surface area contributed by atoms with E-state index in [0.717, 1.165) is 21.7 Å². The molecule has 0 unspecified atom stereocenters. The van der Waals surface area contributed by atoms with Crippen molar-refractivity contribution < 1.29 is 22.7 Å². The zero-order chi connectivity index (χ0) is 26.6. The molecule has 1 N–H and O–H groups in total. The third-order valence-corrected chi connectivity index (χ3v) is 6.85. The van der Waals surface area contributed by atoms with Gasteiger partial charge in [-0.25, -0.2) is 8.42 Å². The van der Waals surface area contributed by atoms with Gasteiger partial charge in [0.1, 0.15) is 18.3 Å². The normalized spacial score (nSPS) is 12.6. The van der Waals surface area contributed by atoms with E-state index in [1.165, 1.54) is 11.0 Å². The lowest BCUT2D eigenvalue weighted by Gasteiger charge is -2.33. The predicted molar refractivity (Wildman–Crippen MR) is 139 cm³/mol. The first kappa shape index (κ1) is 28.5. The van der Waals surface area contributed by atoms with Crippen LogP contribution in [0.3, 0.4) is 0 Å². The number of ether oxygens (including phenoxy) is 1. The summed E-state index contributed by atoms with van der Waals surface area (Å²) in [5.41, 5.74) is 1.31. The van der Waals surface area contributed by atoms with Gasteiger partial charge in [0, 0.05) is 17.1 Å². The van der Waals surface area contributed by atoms with E-state index in [9.17, 15) is 18.0 Å². The smallest absolute Gasteiger partial charge is 0.244 e. The van der Waals surface area contributed by atoms with Gasteiger partial charge in [-0.1, -0.05) is 29.8 Å². The zero-order valence-electron chi connectivity index (χ0n) is 21.3. The first-order valence-electron chi connectivity index (χ1n) is 11.1. The van der Waals surface area contributed by atoms with Crippen molar-refractivity contribution >= 4 is 39.1 Å². The van der Waals surface area contributed by atoms with E-state index in [0.29, 0.717) is 10.8 Å². The predicted octanol–water partition coefficient (Wildman–Crippen LogP) is 3.76. The van der Waals surface area contributed by atoms with Crippen molar-refractivity contribution in [3.8, 4) is 5.75 Å². The Hall–Kier alpha value is -2.78. The Bertz CT molecular complexity index is 1160. The molecule has 0 aliphatic carbocycles. The second-order valence-corrected chi connectivity index (χ2v) is 11.8. The summed E-state index contributed by atoms with van der Waals surface area (Å²) in [7, 11) is -2.27. The Balaban J connectivity index is 2.42. The lowest BCUT2D eigenvalue weighted by molar-refractivity contribution is -0.140. The van der Waals surface area contributed by atoms with Crippen LogP contribution in [0.4, 0.5) is 5.69 Å². The van der Waals surface area contributed by atoms with Crippen LogP contribution in [-0.4, -0.2) is 56.6 Å². The number of carbonyl (C=O) groups excluding carboxylic acids is 2. The van der Waals surface area contributed by atoms with Gasteiger partial charge in [0.2, 0.25) is 21.8 Å². The van der Waals surface area contributed by atoms with Gasteiger partial charge < -0.3 is 15.0 Å². The molecule has 0 aromatic heterocycles. The molecule has 192 valence electrons. The van der Waals surface area contributed by atoms with E-state index in [1.54, 1.807) is 57.4 Å². The average Bonchev–Trinajstić information content (AvgIpc) is 2.75. The second-order valence-electron chi connectivity index (χ2n) is 9.49. The van der Waals surface area contributed by atoms with Gasteiger partial charge in [0.25, 0.3) is 0 Å². The van der Waals surface area contributed by atoms with Gasteiger partial charge in [0.15, 0.2) is 0 Å². The first-order chi connectivity index (χ1) is 16.1. The highest BCUT2D eigenvalue weighted by atomic mass is 35.5. The highest BCUT2D eigenvalue weighted by Crippen LogP contribution is 2.25. The molecule has 35 heavy (non-hydrogen) atoms. The van der Waals surface area contributed by atoms with Crippen LogP contribution < -0.4 is 14.4 Å². The van der Waals surface area contributed by atoms with Crippen molar-refractivity contribution in [1.82, 2.24) is 10.2 Å². The zero-order valence-corrected chi connectivity index (χ0v) is 22.8. The molecule has 0 spiro atoms. The number of sulfonamides is 1. The molecule has 0 saturated carbocycles. The molecule has 8 nitrogen and oxygen atoms in total. The number of aryl methyl sites for hydroxylation is 1. The van der Waals surface area contributed by atoms with Crippen molar-refractivity contribution in [2.75, 3.05) is 24.2 Å². The maximum Gasteiger partial charge on any atom is 0.244 e. The SMILES string of the molecule is COc1ccc(CN(C(=O)CN(c2ccc(C)c(Cl)c2)S(C)(=O)=O)[C@@H](C)C(=O)NC(C)(C)C)cc1. The Morgan fingerprint density at radius 3 is 2.20 bits per heavy atom. The molecule has 0 heterocycles. The maximum atomic E-state index is 13.5. The summed E-state index contributed by atoms with van der Waals surface area (Å²) in [5, 5.41) is 3.27. The number of nitrogens with zero attached hydrogens (tertiary/aromatic N) is 2. The molecule has 1 atom stereocenters. The molecule has 2 aromatic rings. The Morgan fingerprint density at radius 2 is 1.71 bits per heavy atom. The molecular weight excluding hydrogens is 490 g/mol. The molecule has 2 amide bonds. The van der Waals surface area contributed by atoms with Crippen LogP contribution in [0.1, 0.15) is 38.8 Å². The van der Waals surface area contributed by atoms with Crippen LogP contribution in [0.5, 0.6) is 5.75 Å². The molecule has 0 aliphatic rings. The topological polar surface area (TPSA) is 96.0 Å². The third kappa shape index (κ3) is 8.14. The van der Waals surface area contributed by atoms with Crippen LogP contribution in [-0.2, 0) is 26.2 Å². The number of rotatable bonds is 9. The average molecular weight is 524 g/mol. The number of amides is 2. The summed E-state index contributed by atoms with van der Waals surface area (Å²) in [5.74, 6) is -0.215. The van der Waals surface area contributed by atoms with E-state index in [-0.39, 0.29) is 18.1 Å². The summed E-state index contributed by atoms with van der Waals surface area (Å²) < 4.78 is 31.4. The van der Waals surface area contributed by atoms with E-state index in [4.69, 9.17) is 16.3 Å². The molecule has 0 fully saturated rings. The molecule has 0 saturated heterocycles. The fourth-order valence-electron chi connectivity index (χ4n) is 3.33. The van der Waals surface area contributed by atoms with E-state index in [2.05, 4.69) is 5.32 Å². The number of hydrogen-bond acceptors (Lipinski definition) is 5. The quantitative estimate of drug-likeness (QED) is 0.540. The van der Waals surface area contributed by atoms with Crippen molar-refractivity contribution in [1.29, 1.82) is 0 Å². The van der Waals surface area contributed by atoms with Crippen LogP contribution >= 0.6 is 11.6 Å². The lowest BCUT2D eigenvalue weighted by Crippen LogP contribution is -2.54. The number of nitrogens with one attached hydrogen (secondary N) is 1. The highest BCUT2D eigenvalue weighted by Gasteiger charge is 2.31. The molecule has 0 radical (unpaired) electrons.